The van der Waals surface area contributed by atoms with Crippen molar-refractivity contribution in [1.29, 1.82) is 0 Å². The van der Waals surface area contributed by atoms with Gasteiger partial charge in [-0.3, -0.25) is 24.8 Å². The Labute approximate surface area is 256 Å². The van der Waals surface area contributed by atoms with E-state index in [0.717, 1.165) is 4.90 Å². The first-order chi connectivity index (χ1) is 21.0. The number of nitrogens with one attached hydrogen (secondary N) is 2. The third-order valence-corrected chi connectivity index (χ3v) is 7.99. The fraction of sp³-hybridized carbons (Fsp3) is 0.300. The van der Waals surface area contributed by atoms with Crippen LogP contribution in [0, 0.1) is 5.82 Å². The number of hydrogen-bond donors (Lipinski definition) is 3. The maximum atomic E-state index is 15.4. The molecule has 0 radical (unpaired) electrons. The molecule has 230 valence electrons. The standard InChI is InChI=1S/C30H29ClFN5O7/c1-36(29(41)42)19-7-4-17(5-8-19)26(38)34-23(14-18-6-9-20(43-2)15-33-18)27(39)37-13-3-12-30(16-37)24-22(35-28(40)44-30)11-10-21(31)25(24)32/h4-11,15,23H,3,12-14,16H2,1-2H3,(H,34,38)(H,35,40)(H,41,42)/t23-,30-/m0/s1. The van der Waals surface area contributed by atoms with E-state index in [1.54, 1.807) is 12.1 Å². The van der Waals surface area contributed by atoms with Gasteiger partial charge in [0.2, 0.25) is 5.91 Å². The quantitative estimate of drug-likeness (QED) is 0.349. The Hall–Kier alpha value is -4.91. The Balaban J connectivity index is 1.43. The zero-order valence-corrected chi connectivity index (χ0v) is 24.6. The largest absolute Gasteiger partial charge is 0.495 e. The van der Waals surface area contributed by atoms with Crippen LogP contribution in [0.1, 0.15) is 34.5 Å². The summed E-state index contributed by atoms with van der Waals surface area (Å²) in [7, 11) is 2.87. The molecule has 2 aromatic carbocycles. The number of benzene rings is 2. The third-order valence-electron chi connectivity index (χ3n) is 7.70. The molecular weight excluding hydrogens is 597 g/mol. The minimum absolute atomic E-state index is 0.00994. The number of piperidine rings is 1. The van der Waals surface area contributed by atoms with Gasteiger partial charge in [0.25, 0.3) is 5.91 Å². The first-order valence-electron chi connectivity index (χ1n) is 13.6. The number of carbonyl (C=O) groups excluding carboxylic acids is 3. The van der Waals surface area contributed by atoms with Crippen molar-refractivity contribution >= 4 is 47.0 Å². The number of pyridine rings is 1. The van der Waals surface area contributed by atoms with Crippen LogP contribution in [-0.2, 0) is 21.6 Å². The molecule has 3 heterocycles. The van der Waals surface area contributed by atoms with Gasteiger partial charge in [0, 0.05) is 37.0 Å². The van der Waals surface area contributed by atoms with Crippen LogP contribution in [0.5, 0.6) is 5.75 Å². The summed E-state index contributed by atoms with van der Waals surface area (Å²) in [5.74, 6) is -1.31. The number of likely N-dealkylation sites (tertiary alicyclic amines) is 1. The molecule has 3 N–H and O–H groups in total. The molecule has 1 fully saturated rings. The van der Waals surface area contributed by atoms with Crippen LogP contribution < -0.4 is 20.3 Å². The highest BCUT2D eigenvalue weighted by molar-refractivity contribution is 6.31. The van der Waals surface area contributed by atoms with E-state index in [1.807, 2.05) is 0 Å². The first-order valence-corrected chi connectivity index (χ1v) is 14.0. The van der Waals surface area contributed by atoms with Gasteiger partial charge in [-0.25, -0.2) is 14.0 Å². The summed E-state index contributed by atoms with van der Waals surface area (Å²) in [4.78, 5) is 58.0. The van der Waals surface area contributed by atoms with E-state index < -0.39 is 41.5 Å². The molecule has 12 nitrogen and oxygen atoms in total. The van der Waals surface area contributed by atoms with Crippen molar-refractivity contribution in [3.8, 4) is 5.75 Å². The lowest BCUT2D eigenvalue weighted by Gasteiger charge is -2.45. The molecule has 44 heavy (non-hydrogen) atoms. The number of rotatable bonds is 7. The van der Waals surface area contributed by atoms with Gasteiger partial charge < -0.3 is 24.8 Å². The molecule has 0 unspecified atom stereocenters. The summed E-state index contributed by atoms with van der Waals surface area (Å²) in [6.45, 7) is 0.101. The van der Waals surface area contributed by atoms with Crippen molar-refractivity contribution in [3.05, 3.63) is 82.4 Å². The fourth-order valence-electron chi connectivity index (χ4n) is 5.43. The number of amides is 4. The topological polar surface area (TPSA) is 150 Å². The van der Waals surface area contributed by atoms with Crippen LogP contribution in [0.25, 0.3) is 0 Å². The molecule has 2 aliphatic heterocycles. The number of fused-ring (bicyclic) bond motifs is 2. The average Bonchev–Trinajstić information content (AvgIpc) is 3.02. The molecule has 4 amide bonds. The zero-order valence-electron chi connectivity index (χ0n) is 23.8. The van der Waals surface area contributed by atoms with Crippen LogP contribution in [0.15, 0.2) is 54.7 Å². The molecule has 5 rings (SSSR count). The maximum Gasteiger partial charge on any atom is 0.412 e. The summed E-state index contributed by atoms with van der Waals surface area (Å²) in [5.41, 5.74) is -0.175. The summed E-state index contributed by atoms with van der Waals surface area (Å²) < 4.78 is 26.2. The predicted molar refractivity (Wildman–Crippen MR) is 158 cm³/mol. The number of anilines is 2. The molecule has 2 aliphatic rings. The average molecular weight is 626 g/mol. The van der Waals surface area contributed by atoms with Crippen LogP contribution >= 0.6 is 11.6 Å². The predicted octanol–water partition coefficient (Wildman–Crippen LogP) is 4.42. The Kier molecular flexibility index (Phi) is 8.59. The van der Waals surface area contributed by atoms with Crippen LogP contribution in [0.2, 0.25) is 5.02 Å². The van der Waals surface area contributed by atoms with Crippen LogP contribution in [-0.4, -0.2) is 72.3 Å². The molecule has 1 spiro atoms. The van der Waals surface area contributed by atoms with Gasteiger partial charge in [-0.05, 0) is 61.4 Å². The highest BCUT2D eigenvalue weighted by Crippen LogP contribution is 2.45. The van der Waals surface area contributed by atoms with Crippen molar-refractivity contribution in [2.24, 2.45) is 0 Å². The number of carboxylic acid groups (broad SMARTS) is 1. The number of nitrogens with zero attached hydrogens (tertiary/aromatic N) is 3. The van der Waals surface area contributed by atoms with E-state index in [-0.39, 0.29) is 47.8 Å². The van der Waals surface area contributed by atoms with Gasteiger partial charge >= 0.3 is 12.2 Å². The zero-order chi connectivity index (χ0) is 31.6. The molecule has 3 aromatic rings. The van der Waals surface area contributed by atoms with Gasteiger partial charge in [0.1, 0.15) is 11.8 Å². The van der Waals surface area contributed by atoms with E-state index >= 15 is 4.39 Å². The van der Waals surface area contributed by atoms with Gasteiger partial charge in [-0.15, -0.1) is 0 Å². The van der Waals surface area contributed by atoms with Gasteiger partial charge in [-0.2, -0.15) is 0 Å². The minimum Gasteiger partial charge on any atom is -0.495 e. The molecule has 0 aliphatic carbocycles. The van der Waals surface area contributed by atoms with Gasteiger partial charge in [0.15, 0.2) is 11.4 Å². The molecular formula is C30H29ClFN5O7. The highest BCUT2D eigenvalue weighted by Gasteiger charge is 2.49. The number of hydrogen-bond acceptors (Lipinski definition) is 7. The second-order valence-electron chi connectivity index (χ2n) is 10.5. The van der Waals surface area contributed by atoms with E-state index in [9.17, 15) is 24.3 Å². The van der Waals surface area contributed by atoms with E-state index in [1.165, 1.54) is 61.7 Å². The fourth-order valence-corrected chi connectivity index (χ4v) is 5.59. The van der Waals surface area contributed by atoms with Crippen molar-refractivity contribution < 1.29 is 38.1 Å². The Morgan fingerprint density at radius 3 is 2.64 bits per heavy atom. The Bertz CT molecular complexity index is 1600. The smallest absolute Gasteiger partial charge is 0.412 e. The third kappa shape index (κ3) is 6.09. The summed E-state index contributed by atoms with van der Waals surface area (Å²) in [6, 6.07) is 10.9. The Morgan fingerprint density at radius 1 is 1.23 bits per heavy atom. The lowest BCUT2D eigenvalue weighted by molar-refractivity contribution is -0.141. The van der Waals surface area contributed by atoms with E-state index in [4.69, 9.17) is 21.1 Å². The van der Waals surface area contributed by atoms with Gasteiger partial charge in [-0.1, -0.05) is 11.6 Å². The van der Waals surface area contributed by atoms with Crippen molar-refractivity contribution in [1.82, 2.24) is 15.2 Å². The normalized spacial score (nSPS) is 18.0. The number of methoxy groups -OCH3 is 1. The summed E-state index contributed by atoms with van der Waals surface area (Å²) in [5, 5.41) is 14.3. The monoisotopic (exact) mass is 625 g/mol. The molecule has 14 heteroatoms. The second kappa shape index (κ2) is 12.4. The molecule has 2 atom stereocenters. The summed E-state index contributed by atoms with van der Waals surface area (Å²) >= 11 is 6.08. The van der Waals surface area contributed by atoms with Crippen molar-refractivity contribution in [3.63, 3.8) is 0 Å². The van der Waals surface area contributed by atoms with Gasteiger partial charge in [0.05, 0.1) is 36.1 Å². The van der Waals surface area contributed by atoms with Crippen molar-refractivity contribution in [2.75, 3.05) is 37.5 Å². The molecule has 1 aromatic heterocycles. The van der Waals surface area contributed by atoms with Crippen molar-refractivity contribution in [2.45, 2.75) is 30.9 Å². The SMILES string of the molecule is COc1ccc(C[C@H](NC(=O)c2ccc(N(C)C(=O)O)cc2)C(=O)N2CCC[C@@]3(C2)OC(=O)Nc2ccc(Cl)c(F)c23)nc1. The van der Waals surface area contributed by atoms with E-state index in [2.05, 4.69) is 15.6 Å². The number of aromatic nitrogens is 1. The lowest BCUT2D eigenvalue weighted by Crippen LogP contribution is -2.58. The van der Waals surface area contributed by atoms with Crippen LogP contribution in [0.3, 0.4) is 0 Å². The summed E-state index contributed by atoms with van der Waals surface area (Å²) in [6.07, 6.45) is 0.189. The van der Waals surface area contributed by atoms with Crippen LogP contribution in [0.4, 0.5) is 25.4 Å². The first kappa shape index (κ1) is 30.5. The Morgan fingerprint density at radius 2 is 1.98 bits per heavy atom. The lowest BCUT2D eigenvalue weighted by atomic mass is 9.82. The molecule has 0 bridgehead atoms. The second-order valence-corrected chi connectivity index (χ2v) is 10.9. The maximum absolute atomic E-state index is 15.4. The minimum atomic E-state index is -1.49. The number of carbonyl (C=O) groups is 4. The number of halogens is 2. The molecule has 0 saturated carbocycles. The molecule has 1 saturated heterocycles. The number of ether oxygens (including phenoxy) is 2. The van der Waals surface area contributed by atoms with E-state index in [0.29, 0.717) is 23.6 Å². The highest BCUT2D eigenvalue weighted by atomic mass is 35.5.